The minimum atomic E-state index is -1.07. The van der Waals surface area contributed by atoms with Crippen molar-refractivity contribution in [2.24, 2.45) is 0 Å². The van der Waals surface area contributed by atoms with Crippen LogP contribution >= 0.6 is 0 Å². The number of H-pyrrole nitrogens is 1. The van der Waals surface area contributed by atoms with E-state index in [0.29, 0.717) is 11.4 Å². The standard InChI is InChI=1S/C13H11N3O5/c17-11-6-5-10(15-16-11)13(20)14-8-1-3-9(4-2-8)21-7-12(18)19/h1-6H,7H2,(H,14,20)(H,16,17)(H,18,19). The van der Waals surface area contributed by atoms with Crippen molar-refractivity contribution in [3.63, 3.8) is 0 Å². The van der Waals surface area contributed by atoms with Crippen molar-refractivity contribution in [1.29, 1.82) is 0 Å². The maximum absolute atomic E-state index is 11.8. The van der Waals surface area contributed by atoms with Gasteiger partial charge in [0.05, 0.1) is 0 Å². The lowest BCUT2D eigenvalue weighted by Crippen LogP contribution is -2.17. The maximum atomic E-state index is 11.8. The Morgan fingerprint density at radius 3 is 2.48 bits per heavy atom. The summed E-state index contributed by atoms with van der Waals surface area (Å²) in [7, 11) is 0. The molecule has 0 aliphatic carbocycles. The van der Waals surface area contributed by atoms with Gasteiger partial charge in [0.2, 0.25) is 0 Å². The highest BCUT2D eigenvalue weighted by Crippen LogP contribution is 2.16. The van der Waals surface area contributed by atoms with Crippen molar-refractivity contribution < 1.29 is 19.4 Å². The summed E-state index contributed by atoms with van der Waals surface area (Å²) in [5.74, 6) is -1.18. The van der Waals surface area contributed by atoms with E-state index >= 15 is 0 Å². The number of nitrogens with one attached hydrogen (secondary N) is 2. The summed E-state index contributed by atoms with van der Waals surface area (Å²) >= 11 is 0. The summed E-state index contributed by atoms with van der Waals surface area (Å²) in [6, 6.07) is 8.67. The Morgan fingerprint density at radius 2 is 1.90 bits per heavy atom. The molecule has 0 saturated heterocycles. The van der Waals surface area contributed by atoms with Crippen molar-refractivity contribution in [3.05, 3.63) is 52.4 Å². The molecule has 0 radical (unpaired) electrons. The van der Waals surface area contributed by atoms with Crippen LogP contribution in [0.1, 0.15) is 10.5 Å². The van der Waals surface area contributed by atoms with E-state index in [2.05, 4.69) is 15.5 Å². The molecule has 21 heavy (non-hydrogen) atoms. The summed E-state index contributed by atoms with van der Waals surface area (Å²) < 4.78 is 4.96. The van der Waals surface area contributed by atoms with Crippen LogP contribution in [-0.2, 0) is 4.79 Å². The number of carbonyl (C=O) groups is 2. The van der Waals surface area contributed by atoms with Crippen LogP contribution in [0.15, 0.2) is 41.2 Å². The van der Waals surface area contributed by atoms with Crippen molar-refractivity contribution in [2.45, 2.75) is 0 Å². The van der Waals surface area contributed by atoms with E-state index in [-0.39, 0.29) is 5.69 Å². The van der Waals surface area contributed by atoms with Gasteiger partial charge >= 0.3 is 5.97 Å². The second-order valence-corrected chi connectivity index (χ2v) is 3.97. The average Bonchev–Trinajstić information content (AvgIpc) is 2.47. The number of aliphatic carboxylic acids is 1. The molecule has 0 fully saturated rings. The van der Waals surface area contributed by atoms with E-state index in [0.717, 1.165) is 0 Å². The largest absolute Gasteiger partial charge is 0.482 e. The first-order valence-corrected chi connectivity index (χ1v) is 5.86. The zero-order valence-corrected chi connectivity index (χ0v) is 10.7. The van der Waals surface area contributed by atoms with Crippen LogP contribution in [0, 0.1) is 0 Å². The van der Waals surface area contributed by atoms with Crippen LogP contribution in [0.3, 0.4) is 0 Å². The minimum Gasteiger partial charge on any atom is -0.482 e. The van der Waals surface area contributed by atoms with Crippen LogP contribution in [0.5, 0.6) is 5.75 Å². The SMILES string of the molecule is O=C(O)COc1ccc(NC(=O)c2ccc(=O)[nH]n2)cc1. The topological polar surface area (TPSA) is 121 Å². The minimum absolute atomic E-state index is 0.0702. The number of carboxylic acids is 1. The molecule has 8 nitrogen and oxygen atoms in total. The molecule has 2 rings (SSSR count). The monoisotopic (exact) mass is 289 g/mol. The van der Waals surface area contributed by atoms with Crippen molar-refractivity contribution in [2.75, 3.05) is 11.9 Å². The molecular weight excluding hydrogens is 278 g/mol. The quantitative estimate of drug-likeness (QED) is 0.736. The normalized spacial score (nSPS) is 9.90. The van der Waals surface area contributed by atoms with Gasteiger partial charge in [-0.25, -0.2) is 9.89 Å². The number of nitrogens with zero attached hydrogens (tertiary/aromatic N) is 1. The number of ether oxygens (including phenoxy) is 1. The number of amides is 1. The summed E-state index contributed by atoms with van der Waals surface area (Å²) in [6.07, 6.45) is 0. The van der Waals surface area contributed by atoms with Gasteiger partial charge in [-0.15, -0.1) is 0 Å². The number of aromatic amines is 1. The number of carbonyl (C=O) groups excluding carboxylic acids is 1. The highest BCUT2D eigenvalue weighted by Gasteiger charge is 2.08. The Bertz CT molecular complexity index is 688. The fourth-order valence-electron chi connectivity index (χ4n) is 1.45. The van der Waals surface area contributed by atoms with Gasteiger partial charge in [-0.2, -0.15) is 5.10 Å². The number of benzene rings is 1. The van der Waals surface area contributed by atoms with E-state index in [1.807, 2.05) is 0 Å². The molecular formula is C13H11N3O5. The zero-order chi connectivity index (χ0) is 15.2. The Hall–Kier alpha value is -3.16. The first kappa shape index (κ1) is 14.3. The van der Waals surface area contributed by atoms with Crippen molar-refractivity contribution in [1.82, 2.24) is 10.2 Å². The van der Waals surface area contributed by atoms with Crippen LogP contribution in [0.4, 0.5) is 5.69 Å². The number of rotatable bonds is 5. The smallest absolute Gasteiger partial charge is 0.341 e. The van der Waals surface area contributed by atoms with E-state index < -0.39 is 24.0 Å². The van der Waals surface area contributed by atoms with Gasteiger partial charge in [-0.1, -0.05) is 0 Å². The third kappa shape index (κ3) is 4.16. The van der Waals surface area contributed by atoms with E-state index in [9.17, 15) is 14.4 Å². The van der Waals surface area contributed by atoms with E-state index in [1.54, 1.807) is 12.1 Å². The third-order valence-corrected chi connectivity index (χ3v) is 2.39. The Labute approximate surface area is 118 Å². The molecule has 1 aromatic heterocycles. The average molecular weight is 289 g/mol. The Balaban J connectivity index is 1.99. The molecule has 8 heteroatoms. The molecule has 0 aliphatic heterocycles. The molecule has 0 bridgehead atoms. The lowest BCUT2D eigenvalue weighted by Gasteiger charge is -2.06. The second kappa shape index (κ2) is 6.33. The van der Waals surface area contributed by atoms with Crippen LogP contribution in [-0.4, -0.2) is 33.8 Å². The number of hydrogen-bond donors (Lipinski definition) is 3. The first-order valence-electron chi connectivity index (χ1n) is 5.86. The lowest BCUT2D eigenvalue weighted by atomic mass is 10.3. The predicted octanol–water partition coefficient (Wildman–Crippen LogP) is 0.486. The maximum Gasteiger partial charge on any atom is 0.341 e. The van der Waals surface area contributed by atoms with Gasteiger partial charge in [0.1, 0.15) is 11.4 Å². The molecule has 3 N–H and O–H groups in total. The molecule has 0 spiro atoms. The van der Waals surface area contributed by atoms with Gasteiger partial charge < -0.3 is 15.2 Å². The fraction of sp³-hybridized carbons (Fsp3) is 0.0769. The van der Waals surface area contributed by atoms with E-state index in [1.165, 1.54) is 24.3 Å². The molecule has 0 atom stereocenters. The van der Waals surface area contributed by atoms with Gasteiger partial charge in [-0.3, -0.25) is 9.59 Å². The highest BCUT2D eigenvalue weighted by atomic mass is 16.5. The van der Waals surface area contributed by atoms with E-state index in [4.69, 9.17) is 9.84 Å². The van der Waals surface area contributed by atoms with Crippen LogP contribution < -0.4 is 15.6 Å². The van der Waals surface area contributed by atoms with Gasteiger partial charge in [-0.05, 0) is 30.3 Å². The van der Waals surface area contributed by atoms with Crippen LogP contribution in [0.25, 0.3) is 0 Å². The molecule has 0 aliphatic rings. The van der Waals surface area contributed by atoms with Gasteiger partial charge in [0.25, 0.3) is 11.5 Å². The first-order chi connectivity index (χ1) is 10.0. The predicted molar refractivity (Wildman–Crippen MR) is 72.4 cm³/mol. The molecule has 2 aromatic rings. The molecule has 1 heterocycles. The molecule has 1 aromatic carbocycles. The summed E-state index contributed by atoms with van der Waals surface area (Å²) in [4.78, 5) is 33.0. The lowest BCUT2D eigenvalue weighted by molar-refractivity contribution is -0.139. The zero-order valence-electron chi connectivity index (χ0n) is 10.7. The summed E-state index contributed by atoms with van der Waals surface area (Å²) in [5, 5.41) is 16.8. The number of carboxylic acid groups (broad SMARTS) is 1. The number of aromatic nitrogens is 2. The van der Waals surface area contributed by atoms with Crippen molar-refractivity contribution >= 4 is 17.6 Å². The molecule has 0 unspecified atom stereocenters. The third-order valence-electron chi connectivity index (χ3n) is 2.39. The summed E-state index contributed by atoms with van der Waals surface area (Å²) in [5.41, 5.74) is 0.156. The number of hydrogen-bond acceptors (Lipinski definition) is 5. The van der Waals surface area contributed by atoms with Gasteiger partial charge in [0, 0.05) is 11.8 Å². The Morgan fingerprint density at radius 1 is 1.19 bits per heavy atom. The summed E-state index contributed by atoms with van der Waals surface area (Å²) in [6.45, 7) is -0.437. The Kier molecular flexibility index (Phi) is 4.30. The second-order valence-electron chi connectivity index (χ2n) is 3.97. The number of anilines is 1. The van der Waals surface area contributed by atoms with Crippen molar-refractivity contribution in [3.8, 4) is 5.75 Å². The fourth-order valence-corrected chi connectivity index (χ4v) is 1.45. The molecule has 108 valence electrons. The molecule has 0 saturated carbocycles. The van der Waals surface area contributed by atoms with Crippen LogP contribution in [0.2, 0.25) is 0 Å². The molecule has 1 amide bonds. The van der Waals surface area contributed by atoms with Gasteiger partial charge in [0.15, 0.2) is 6.61 Å². The highest BCUT2D eigenvalue weighted by molar-refractivity contribution is 6.02.